The first-order valence-corrected chi connectivity index (χ1v) is 9.91. The fourth-order valence-electron chi connectivity index (χ4n) is 1.42. The zero-order valence-corrected chi connectivity index (χ0v) is 8.53. The van der Waals surface area contributed by atoms with Crippen LogP contribution in [0.2, 0.25) is 5.54 Å². The van der Waals surface area contributed by atoms with Gasteiger partial charge in [0.05, 0.1) is 0 Å². The van der Waals surface area contributed by atoms with Gasteiger partial charge in [0.25, 0.3) is 0 Å². The molecule has 1 fully saturated rings. The van der Waals surface area contributed by atoms with Crippen LogP contribution in [-0.2, 0) is 0 Å². The van der Waals surface area contributed by atoms with Gasteiger partial charge in [-0.05, 0) is 9.76 Å². The summed E-state index contributed by atoms with van der Waals surface area (Å²) in [4.78, 5) is 0. The van der Waals surface area contributed by atoms with Crippen LogP contribution in [0, 0.1) is 0 Å². The van der Waals surface area contributed by atoms with Crippen molar-refractivity contribution in [3.63, 3.8) is 0 Å². The lowest BCUT2D eigenvalue weighted by molar-refractivity contribution is 0.876. The summed E-state index contributed by atoms with van der Waals surface area (Å²) in [5.41, 5.74) is 1.30. The summed E-state index contributed by atoms with van der Waals surface area (Å²) < 4.78 is 0. The highest BCUT2D eigenvalue weighted by molar-refractivity contribution is 6.90. The molecule has 1 rings (SSSR count). The summed E-state index contributed by atoms with van der Waals surface area (Å²) in [5, 5.41) is 0. The van der Waals surface area contributed by atoms with Crippen molar-refractivity contribution in [3.8, 4) is 0 Å². The fourth-order valence-corrected chi connectivity index (χ4v) is 5.26. The van der Waals surface area contributed by atoms with E-state index >= 15 is 0 Å². The molecule has 0 atom stereocenters. The van der Waals surface area contributed by atoms with Gasteiger partial charge in [-0.2, -0.15) is 0 Å². The van der Waals surface area contributed by atoms with Crippen molar-refractivity contribution in [2.75, 3.05) is 0 Å². The molecule has 0 aromatic heterocycles. The predicted molar refractivity (Wildman–Crippen MR) is 40.7 cm³/mol. The maximum absolute atomic E-state index is 1.61. The topological polar surface area (TPSA) is 0 Å². The summed E-state index contributed by atoms with van der Waals surface area (Å²) in [5.74, 6) is 0. The predicted octanol–water partition coefficient (Wildman–Crippen LogP) is -0.202. The molecule has 1 saturated carbocycles. The van der Waals surface area contributed by atoms with Gasteiger partial charge in [0.1, 0.15) is 0 Å². The number of hydrogen-bond donors (Lipinski definition) is 0. The number of rotatable bonds is 1. The lowest BCUT2D eigenvalue weighted by Gasteiger charge is -1.98. The van der Waals surface area contributed by atoms with E-state index in [1.807, 2.05) is 0 Å². The van der Waals surface area contributed by atoms with Gasteiger partial charge >= 0.3 is 0 Å². The lowest BCUT2D eigenvalue weighted by atomic mass is 10.4. The van der Waals surface area contributed by atoms with Gasteiger partial charge < -0.3 is 0 Å². The van der Waals surface area contributed by atoms with Crippen LogP contribution in [0.15, 0.2) is 0 Å². The van der Waals surface area contributed by atoms with Gasteiger partial charge in [-0.1, -0.05) is 31.2 Å². The van der Waals surface area contributed by atoms with E-state index in [-0.39, 0.29) is 0 Å². The van der Waals surface area contributed by atoms with Crippen LogP contribution < -0.4 is 0 Å². The van der Waals surface area contributed by atoms with Crippen molar-refractivity contribution in [3.05, 3.63) is 0 Å². The second-order valence-corrected chi connectivity index (χ2v) is 6.98. The molecule has 0 aromatic carbocycles. The molecule has 0 heterocycles. The third kappa shape index (κ3) is 1.42. The van der Waals surface area contributed by atoms with E-state index in [1.165, 1.54) is 5.54 Å². The van der Waals surface area contributed by atoms with Gasteiger partial charge in [-0.25, -0.2) is 0 Å². The van der Waals surface area contributed by atoms with E-state index in [0.29, 0.717) is 9.04 Å². The van der Waals surface area contributed by atoms with Crippen LogP contribution in [0.5, 0.6) is 0 Å². The molecule has 0 saturated heterocycles. The molecule has 7 heavy (non-hydrogen) atoms. The van der Waals surface area contributed by atoms with Crippen molar-refractivity contribution >= 4 is 18.8 Å². The maximum Gasteiger partial charge on any atom is 0.00794 e. The fraction of sp³-hybridized carbons (Fsp3) is 1.00. The van der Waals surface area contributed by atoms with Crippen molar-refractivity contribution in [1.29, 1.82) is 0 Å². The molecule has 0 unspecified atom stereocenters. The Morgan fingerprint density at radius 1 is 1.29 bits per heavy atom. The molecule has 0 spiro atoms. The zero-order chi connectivity index (χ0) is 5.11. The van der Waals surface area contributed by atoms with Crippen LogP contribution in [0.25, 0.3) is 0 Å². The van der Waals surface area contributed by atoms with Crippen molar-refractivity contribution < 1.29 is 0 Å². The third-order valence-electron chi connectivity index (χ3n) is 2.05. The highest BCUT2D eigenvalue weighted by atomic mass is 29.1. The van der Waals surface area contributed by atoms with Gasteiger partial charge in [0, 0.05) is 9.04 Å². The molecular weight excluding hydrogens is 116 g/mol. The Morgan fingerprint density at radius 2 is 1.86 bits per heavy atom. The standard InChI is InChI=1S/C5H14Si2/c6-7-5-3-1-2-4-5/h5H,1-4,7H2,6H3. The Labute approximate surface area is 50.7 Å². The summed E-state index contributed by atoms with van der Waals surface area (Å²) in [7, 11) is 2.10. The van der Waals surface area contributed by atoms with Gasteiger partial charge in [0.15, 0.2) is 0 Å². The van der Waals surface area contributed by atoms with Gasteiger partial charge in [-0.15, -0.1) is 0 Å². The molecule has 1 aliphatic carbocycles. The third-order valence-corrected chi connectivity index (χ3v) is 7.49. The van der Waals surface area contributed by atoms with E-state index in [9.17, 15) is 0 Å². The van der Waals surface area contributed by atoms with Crippen LogP contribution in [0.4, 0.5) is 0 Å². The quantitative estimate of drug-likeness (QED) is 0.431. The summed E-state index contributed by atoms with van der Waals surface area (Å²) in [6.07, 6.45) is 6.32. The van der Waals surface area contributed by atoms with Crippen molar-refractivity contribution in [2.24, 2.45) is 0 Å². The molecule has 2 heteroatoms. The van der Waals surface area contributed by atoms with E-state index in [4.69, 9.17) is 0 Å². The lowest BCUT2D eigenvalue weighted by Crippen LogP contribution is -1.96. The van der Waals surface area contributed by atoms with E-state index in [2.05, 4.69) is 0 Å². The van der Waals surface area contributed by atoms with Crippen LogP contribution >= 0.6 is 0 Å². The second-order valence-electron chi connectivity index (χ2n) is 2.56. The molecule has 42 valence electrons. The van der Waals surface area contributed by atoms with Crippen molar-refractivity contribution in [2.45, 2.75) is 31.2 Å². The largest absolute Gasteiger partial charge is 0.0542 e. The minimum Gasteiger partial charge on any atom is -0.0542 e. The Hall–Kier alpha value is 0.434. The summed E-state index contributed by atoms with van der Waals surface area (Å²) in [6, 6.07) is 0. The van der Waals surface area contributed by atoms with Crippen LogP contribution in [0.3, 0.4) is 0 Å². The molecule has 0 bridgehead atoms. The minimum absolute atomic E-state index is 0.529. The first-order chi connectivity index (χ1) is 3.43. The van der Waals surface area contributed by atoms with E-state index < -0.39 is 0 Å². The first-order valence-electron chi connectivity index (χ1n) is 3.43. The second kappa shape index (κ2) is 2.67. The SMILES string of the molecule is [SiH3][SiH2]C1CCCC1. The van der Waals surface area contributed by atoms with Crippen LogP contribution in [0.1, 0.15) is 25.7 Å². The molecule has 0 aromatic rings. The minimum atomic E-state index is 0.529. The Balaban J connectivity index is 2.14. The average molecular weight is 130 g/mol. The molecule has 0 amide bonds. The molecule has 0 aliphatic heterocycles. The highest BCUT2D eigenvalue weighted by Crippen LogP contribution is 2.27. The summed E-state index contributed by atoms with van der Waals surface area (Å²) >= 11 is 0. The van der Waals surface area contributed by atoms with E-state index in [1.54, 1.807) is 35.4 Å². The molecule has 0 radical (unpaired) electrons. The maximum atomic E-state index is 1.61. The number of hydrogen-bond acceptors (Lipinski definition) is 0. The molecule has 1 aliphatic rings. The van der Waals surface area contributed by atoms with Gasteiger partial charge in [-0.3, -0.25) is 0 Å². The average Bonchev–Trinajstić information content (AvgIpc) is 2.14. The normalized spacial score (nSPS) is 25.7. The monoisotopic (exact) mass is 130 g/mol. The molecule has 0 nitrogen and oxygen atoms in total. The molecular formula is C5H14Si2. The highest BCUT2D eigenvalue weighted by Gasteiger charge is 2.11. The van der Waals surface area contributed by atoms with Crippen LogP contribution in [-0.4, -0.2) is 18.8 Å². The molecule has 0 N–H and O–H groups in total. The summed E-state index contributed by atoms with van der Waals surface area (Å²) in [6.45, 7) is 0. The van der Waals surface area contributed by atoms with Crippen molar-refractivity contribution in [1.82, 2.24) is 0 Å². The van der Waals surface area contributed by atoms with E-state index in [0.717, 1.165) is 0 Å². The zero-order valence-electron chi connectivity index (χ0n) is 5.11. The van der Waals surface area contributed by atoms with Gasteiger partial charge in [0.2, 0.25) is 0 Å². The first kappa shape index (κ1) is 5.57. The Kier molecular flexibility index (Phi) is 2.12. The smallest absolute Gasteiger partial charge is 0.00794 e. The Morgan fingerprint density at radius 3 is 2.14 bits per heavy atom. The Bertz CT molecular complexity index is 48.0.